The van der Waals surface area contributed by atoms with E-state index in [4.69, 9.17) is 11.0 Å². The number of hydrogen-bond acceptors (Lipinski definition) is 3. The Morgan fingerprint density at radius 2 is 2.06 bits per heavy atom. The van der Waals surface area contributed by atoms with E-state index in [-0.39, 0.29) is 12.3 Å². The lowest BCUT2D eigenvalue weighted by Crippen LogP contribution is -2.22. The number of nitriles is 1. The SMILES string of the molecule is CN(C#N)C(=O)CCc1ccccc1C(N)=O. The summed E-state index contributed by atoms with van der Waals surface area (Å²) in [5.74, 6) is -0.798. The zero-order chi connectivity index (χ0) is 12.8. The van der Waals surface area contributed by atoms with Crippen molar-refractivity contribution in [2.45, 2.75) is 12.8 Å². The van der Waals surface area contributed by atoms with Crippen molar-refractivity contribution in [1.29, 1.82) is 5.26 Å². The van der Waals surface area contributed by atoms with Gasteiger partial charge in [-0.15, -0.1) is 0 Å². The molecule has 5 heteroatoms. The Kier molecular flexibility index (Phi) is 4.23. The lowest BCUT2D eigenvalue weighted by atomic mass is 10.0. The van der Waals surface area contributed by atoms with Crippen LogP contribution in [0.2, 0.25) is 0 Å². The van der Waals surface area contributed by atoms with Crippen LogP contribution in [-0.4, -0.2) is 23.8 Å². The Hall–Kier alpha value is -2.35. The van der Waals surface area contributed by atoms with Crippen LogP contribution in [0, 0.1) is 11.5 Å². The first-order valence-corrected chi connectivity index (χ1v) is 5.10. The van der Waals surface area contributed by atoms with E-state index in [1.54, 1.807) is 30.5 Å². The van der Waals surface area contributed by atoms with Gasteiger partial charge in [-0.2, -0.15) is 5.26 Å². The molecule has 2 N–H and O–H groups in total. The van der Waals surface area contributed by atoms with Crippen molar-refractivity contribution < 1.29 is 9.59 Å². The average Bonchev–Trinajstić information content (AvgIpc) is 2.35. The number of benzene rings is 1. The van der Waals surface area contributed by atoms with Crippen molar-refractivity contribution >= 4 is 11.8 Å². The molecule has 0 aliphatic carbocycles. The number of hydrogen-bond donors (Lipinski definition) is 1. The molecule has 0 radical (unpaired) electrons. The summed E-state index contributed by atoms with van der Waals surface area (Å²) in [5.41, 5.74) is 6.36. The van der Waals surface area contributed by atoms with E-state index in [0.717, 1.165) is 10.5 Å². The summed E-state index contributed by atoms with van der Waals surface area (Å²) in [6.07, 6.45) is 2.30. The van der Waals surface area contributed by atoms with Gasteiger partial charge in [0, 0.05) is 19.0 Å². The first-order valence-electron chi connectivity index (χ1n) is 5.10. The summed E-state index contributed by atoms with van der Waals surface area (Å²) in [6.45, 7) is 0. The standard InChI is InChI=1S/C12H13N3O2/c1-15(8-13)11(16)7-6-9-4-2-3-5-10(9)12(14)17/h2-5H,6-7H2,1H3,(H2,14,17). The molecule has 1 aromatic rings. The quantitative estimate of drug-likeness (QED) is 0.609. The average molecular weight is 231 g/mol. The molecule has 1 rings (SSSR count). The molecule has 0 fully saturated rings. The molecule has 0 aliphatic rings. The van der Waals surface area contributed by atoms with Crippen molar-refractivity contribution in [2.24, 2.45) is 5.73 Å². The van der Waals surface area contributed by atoms with E-state index in [2.05, 4.69) is 0 Å². The molecule has 2 amide bonds. The third-order valence-corrected chi connectivity index (χ3v) is 2.42. The third kappa shape index (κ3) is 3.31. The van der Waals surface area contributed by atoms with Gasteiger partial charge in [0.25, 0.3) is 0 Å². The molecule has 88 valence electrons. The van der Waals surface area contributed by atoms with Crippen LogP contribution < -0.4 is 5.73 Å². The number of nitrogens with zero attached hydrogens (tertiary/aromatic N) is 2. The summed E-state index contributed by atoms with van der Waals surface area (Å²) < 4.78 is 0. The van der Waals surface area contributed by atoms with Crippen LogP contribution in [0.25, 0.3) is 0 Å². The van der Waals surface area contributed by atoms with Gasteiger partial charge in [-0.05, 0) is 18.1 Å². The van der Waals surface area contributed by atoms with Crippen LogP contribution in [0.15, 0.2) is 24.3 Å². The summed E-state index contributed by atoms with van der Waals surface area (Å²) in [6, 6.07) is 6.86. The van der Waals surface area contributed by atoms with Gasteiger partial charge >= 0.3 is 0 Å². The van der Waals surface area contributed by atoms with Crippen molar-refractivity contribution in [3.8, 4) is 6.19 Å². The van der Waals surface area contributed by atoms with Crippen molar-refractivity contribution in [2.75, 3.05) is 7.05 Å². The van der Waals surface area contributed by atoms with Gasteiger partial charge in [0.1, 0.15) is 0 Å². The number of rotatable bonds is 4. The van der Waals surface area contributed by atoms with Crippen molar-refractivity contribution in [1.82, 2.24) is 4.90 Å². The molecule has 0 bridgehead atoms. The highest BCUT2D eigenvalue weighted by Crippen LogP contribution is 2.11. The van der Waals surface area contributed by atoms with E-state index < -0.39 is 5.91 Å². The first-order chi connectivity index (χ1) is 8.06. The number of aryl methyl sites for hydroxylation is 1. The normalized spacial score (nSPS) is 9.41. The van der Waals surface area contributed by atoms with E-state index in [1.165, 1.54) is 7.05 Å². The van der Waals surface area contributed by atoms with Gasteiger partial charge in [0.15, 0.2) is 6.19 Å². The van der Waals surface area contributed by atoms with Gasteiger partial charge in [0.2, 0.25) is 11.8 Å². The molecule has 0 saturated carbocycles. The van der Waals surface area contributed by atoms with E-state index in [0.29, 0.717) is 12.0 Å². The third-order valence-electron chi connectivity index (χ3n) is 2.42. The highest BCUT2D eigenvalue weighted by atomic mass is 16.2. The fraction of sp³-hybridized carbons (Fsp3) is 0.250. The number of primary amides is 1. The van der Waals surface area contributed by atoms with Crippen molar-refractivity contribution in [3.05, 3.63) is 35.4 Å². The lowest BCUT2D eigenvalue weighted by Gasteiger charge is -2.08. The number of carbonyl (C=O) groups is 2. The Morgan fingerprint density at radius 3 is 2.65 bits per heavy atom. The smallest absolute Gasteiger partial charge is 0.248 e. The van der Waals surface area contributed by atoms with Gasteiger partial charge in [0.05, 0.1) is 0 Å². The topological polar surface area (TPSA) is 87.2 Å². The van der Waals surface area contributed by atoms with Gasteiger partial charge < -0.3 is 5.73 Å². The Bertz CT molecular complexity index is 477. The monoisotopic (exact) mass is 231 g/mol. The maximum atomic E-state index is 11.4. The molecule has 5 nitrogen and oxygen atoms in total. The largest absolute Gasteiger partial charge is 0.366 e. The van der Waals surface area contributed by atoms with Crippen LogP contribution in [0.1, 0.15) is 22.3 Å². The molecule has 0 heterocycles. The van der Waals surface area contributed by atoms with Gasteiger partial charge in [-0.3, -0.25) is 14.5 Å². The summed E-state index contributed by atoms with van der Waals surface area (Å²) in [5, 5.41) is 8.53. The summed E-state index contributed by atoms with van der Waals surface area (Å²) >= 11 is 0. The Balaban J connectivity index is 2.74. The van der Waals surface area contributed by atoms with Gasteiger partial charge in [-0.1, -0.05) is 18.2 Å². The van der Waals surface area contributed by atoms with Crippen LogP contribution in [0.5, 0.6) is 0 Å². The first kappa shape index (κ1) is 12.7. The maximum absolute atomic E-state index is 11.4. The number of nitrogens with two attached hydrogens (primary N) is 1. The maximum Gasteiger partial charge on any atom is 0.248 e. The van der Waals surface area contributed by atoms with Crippen LogP contribution in [-0.2, 0) is 11.2 Å². The van der Waals surface area contributed by atoms with E-state index in [9.17, 15) is 9.59 Å². The van der Waals surface area contributed by atoms with E-state index >= 15 is 0 Å². The molecule has 0 aliphatic heterocycles. The Labute approximate surface area is 99.4 Å². The molecule has 0 saturated heterocycles. The number of amides is 2. The second-order valence-electron chi connectivity index (χ2n) is 3.57. The second kappa shape index (κ2) is 5.66. The molecular formula is C12H13N3O2. The minimum Gasteiger partial charge on any atom is -0.366 e. The predicted molar refractivity (Wildman–Crippen MR) is 61.7 cm³/mol. The van der Waals surface area contributed by atoms with Gasteiger partial charge in [-0.25, -0.2) is 0 Å². The molecule has 0 aromatic heterocycles. The minimum absolute atomic E-state index is 0.175. The fourth-order valence-electron chi connectivity index (χ4n) is 1.44. The zero-order valence-corrected chi connectivity index (χ0v) is 9.51. The molecule has 17 heavy (non-hydrogen) atoms. The van der Waals surface area contributed by atoms with Crippen LogP contribution in [0.4, 0.5) is 0 Å². The molecular weight excluding hydrogens is 218 g/mol. The number of carbonyl (C=O) groups excluding carboxylic acids is 2. The zero-order valence-electron chi connectivity index (χ0n) is 9.51. The highest BCUT2D eigenvalue weighted by Gasteiger charge is 2.11. The second-order valence-corrected chi connectivity index (χ2v) is 3.57. The molecule has 0 unspecified atom stereocenters. The highest BCUT2D eigenvalue weighted by molar-refractivity contribution is 5.94. The lowest BCUT2D eigenvalue weighted by molar-refractivity contribution is -0.127. The molecule has 0 spiro atoms. The minimum atomic E-state index is -0.512. The van der Waals surface area contributed by atoms with Crippen molar-refractivity contribution in [3.63, 3.8) is 0 Å². The summed E-state index contributed by atoms with van der Waals surface area (Å²) in [7, 11) is 1.41. The van der Waals surface area contributed by atoms with E-state index in [1.807, 2.05) is 0 Å². The molecule has 1 aromatic carbocycles. The van der Waals surface area contributed by atoms with Crippen LogP contribution in [0.3, 0.4) is 0 Å². The van der Waals surface area contributed by atoms with Crippen LogP contribution >= 0.6 is 0 Å². The summed E-state index contributed by atoms with van der Waals surface area (Å²) in [4.78, 5) is 23.5. The fourth-order valence-corrected chi connectivity index (χ4v) is 1.44. The molecule has 0 atom stereocenters. The predicted octanol–water partition coefficient (Wildman–Crippen LogP) is 0.658. The Morgan fingerprint density at radius 1 is 1.41 bits per heavy atom.